The third-order valence-corrected chi connectivity index (χ3v) is 9.85. The van der Waals surface area contributed by atoms with Crippen LogP contribution in [0.3, 0.4) is 0 Å². The maximum absolute atomic E-state index is 14.2. The van der Waals surface area contributed by atoms with Crippen molar-refractivity contribution < 1.29 is 4.79 Å². The number of rotatable bonds is 12. The minimum atomic E-state index is 0.0605. The van der Waals surface area contributed by atoms with Crippen molar-refractivity contribution in [1.82, 2.24) is 14.5 Å². The molecule has 2 heterocycles. The SMILES string of the molecule is N=C(N)c1ccc(CCc2nc3cc(C(=O)N(Cc4ccc(CN)cc4)CC4CCCCC4)ccc3n2Cc2cccs2)cc1. The average Bonchev–Trinajstić information content (AvgIpc) is 3.72. The number of amides is 1. The minimum Gasteiger partial charge on any atom is -0.384 e. The van der Waals surface area contributed by atoms with Crippen molar-refractivity contribution in [3.8, 4) is 0 Å². The lowest BCUT2D eigenvalue weighted by Crippen LogP contribution is -2.35. The van der Waals surface area contributed by atoms with E-state index in [1.807, 2.05) is 41.3 Å². The summed E-state index contributed by atoms with van der Waals surface area (Å²) in [4.78, 5) is 22.6. The van der Waals surface area contributed by atoms with Gasteiger partial charge in [-0.1, -0.05) is 73.9 Å². The number of fused-ring (bicyclic) bond motifs is 1. The minimum absolute atomic E-state index is 0.0605. The largest absolute Gasteiger partial charge is 0.384 e. The summed E-state index contributed by atoms with van der Waals surface area (Å²) in [5.74, 6) is 1.67. The van der Waals surface area contributed by atoms with E-state index in [-0.39, 0.29) is 11.7 Å². The van der Waals surface area contributed by atoms with Crippen LogP contribution in [-0.4, -0.2) is 32.7 Å². The molecule has 1 amide bonds. The fourth-order valence-corrected chi connectivity index (χ4v) is 7.12. The number of carbonyl (C=O) groups is 1. The molecule has 1 saturated carbocycles. The number of nitrogens with zero attached hydrogens (tertiary/aromatic N) is 3. The van der Waals surface area contributed by atoms with Gasteiger partial charge in [0.05, 0.1) is 17.6 Å². The monoisotopic (exact) mass is 618 g/mol. The lowest BCUT2D eigenvalue weighted by atomic mass is 9.88. The van der Waals surface area contributed by atoms with Gasteiger partial charge in [0.15, 0.2) is 0 Å². The quantitative estimate of drug-likeness (QED) is 0.104. The average molecular weight is 619 g/mol. The molecule has 0 aliphatic heterocycles. The van der Waals surface area contributed by atoms with Crippen LogP contribution in [0.1, 0.15) is 75.4 Å². The number of amidine groups is 1. The zero-order chi connectivity index (χ0) is 31.2. The fraction of sp³-hybridized carbons (Fsp3) is 0.324. The molecule has 0 radical (unpaired) electrons. The number of nitrogens with one attached hydrogen (secondary N) is 1. The first-order valence-electron chi connectivity index (χ1n) is 16.0. The van der Waals surface area contributed by atoms with Crippen molar-refractivity contribution in [2.24, 2.45) is 17.4 Å². The number of benzene rings is 3. The number of carbonyl (C=O) groups excluding carboxylic acids is 1. The van der Waals surface area contributed by atoms with Crippen LogP contribution < -0.4 is 11.5 Å². The first-order valence-corrected chi connectivity index (χ1v) is 16.9. The summed E-state index contributed by atoms with van der Waals surface area (Å²) in [5.41, 5.74) is 18.2. The molecule has 1 aliphatic carbocycles. The molecule has 7 nitrogen and oxygen atoms in total. The van der Waals surface area contributed by atoms with Crippen molar-refractivity contribution in [3.05, 3.63) is 123 Å². The van der Waals surface area contributed by atoms with Gasteiger partial charge in [-0.15, -0.1) is 11.3 Å². The van der Waals surface area contributed by atoms with Gasteiger partial charge in [0.2, 0.25) is 0 Å². The second kappa shape index (κ2) is 14.2. The summed E-state index contributed by atoms with van der Waals surface area (Å²) < 4.78 is 2.29. The van der Waals surface area contributed by atoms with Gasteiger partial charge in [0.1, 0.15) is 11.7 Å². The van der Waals surface area contributed by atoms with Crippen molar-refractivity contribution in [3.63, 3.8) is 0 Å². The highest BCUT2D eigenvalue weighted by Gasteiger charge is 2.23. The second-order valence-electron chi connectivity index (χ2n) is 12.2. The summed E-state index contributed by atoms with van der Waals surface area (Å²) in [7, 11) is 0. The molecule has 0 atom stereocenters. The highest BCUT2D eigenvalue weighted by atomic mass is 32.1. The number of aromatic nitrogens is 2. The first kappa shape index (κ1) is 30.7. The molecule has 2 aromatic heterocycles. The predicted molar refractivity (Wildman–Crippen MR) is 184 cm³/mol. The van der Waals surface area contributed by atoms with Crippen LogP contribution in [0, 0.1) is 11.3 Å². The number of aryl methyl sites for hydroxylation is 2. The molecule has 45 heavy (non-hydrogen) atoms. The Hall–Kier alpha value is -4.27. The molecule has 0 spiro atoms. The van der Waals surface area contributed by atoms with Gasteiger partial charge in [0.25, 0.3) is 5.91 Å². The number of hydrogen-bond acceptors (Lipinski definition) is 5. The number of nitrogen functional groups attached to an aromatic ring is 1. The van der Waals surface area contributed by atoms with Crippen LogP contribution >= 0.6 is 11.3 Å². The highest BCUT2D eigenvalue weighted by molar-refractivity contribution is 7.09. The molecule has 3 aromatic carbocycles. The van der Waals surface area contributed by atoms with Crippen molar-refractivity contribution >= 4 is 34.1 Å². The number of thiophene rings is 1. The molecule has 0 bridgehead atoms. The van der Waals surface area contributed by atoms with Crippen molar-refractivity contribution in [1.29, 1.82) is 5.41 Å². The number of hydrogen-bond donors (Lipinski definition) is 3. The molecular weight excluding hydrogens is 577 g/mol. The van der Waals surface area contributed by atoms with E-state index in [4.69, 9.17) is 21.9 Å². The Morgan fingerprint density at radius 2 is 1.62 bits per heavy atom. The van der Waals surface area contributed by atoms with Gasteiger partial charge in [-0.3, -0.25) is 10.2 Å². The van der Waals surface area contributed by atoms with Gasteiger partial charge in [-0.25, -0.2) is 4.98 Å². The van der Waals surface area contributed by atoms with E-state index >= 15 is 0 Å². The van der Waals surface area contributed by atoms with Crippen LogP contribution in [0.4, 0.5) is 0 Å². The van der Waals surface area contributed by atoms with Gasteiger partial charge in [-0.05, 0) is 71.5 Å². The fourth-order valence-electron chi connectivity index (χ4n) is 6.43. The molecule has 6 rings (SSSR count). The molecule has 0 unspecified atom stereocenters. The molecule has 232 valence electrons. The molecule has 5 N–H and O–H groups in total. The highest BCUT2D eigenvalue weighted by Crippen LogP contribution is 2.27. The van der Waals surface area contributed by atoms with Crippen LogP contribution in [0.2, 0.25) is 0 Å². The van der Waals surface area contributed by atoms with Crippen molar-refractivity contribution in [2.45, 2.75) is 64.6 Å². The Balaban J connectivity index is 1.28. The summed E-state index contributed by atoms with van der Waals surface area (Å²) >= 11 is 1.74. The maximum Gasteiger partial charge on any atom is 0.254 e. The van der Waals surface area contributed by atoms with E-state index in [2.05, 4.69) is 52.4 Å². The van der Waals surface area contributed by atoms with E-state index in [1.54, 1.807) is 11.3 Å². The van der Waals surface area contributed by atoms with Gasteiger partial charge in [-0.2, -0.15) is 0 Å². The topological polar surface area (TPSA) is 114 Å². The lowest BCUT2D eigenvalue weighted by Gasteiger charge is -2.30. The second-order valence-corrected chi connectivity index (χ2v) is 13.3. The maximum atomic E-state index is 14.2. The van der Waals surface area contributed by atoms with Gasteiger partial charge in [0, 0.05) is 42.1 Å². The van der Waals surface area contributed by atoms with E-state index in [1.165, 1.54) is 42.5 Å². The summed E-state index contributed by atoms with van der Waals surface area (Å²) in [5, 5.41) is 9.77. The molecular formula is C37H42N6OS. The van der Waals surface area contributed by atoms with E-state index < -0.39 is 0 Å². The summed E-state index contributed by atoms with van der Waals surface area (Å²) in [6.45, 7) is 2.61. The Morgan fingerprint density at radius 3 is 2.31 bits per heavy atom. The van der Waals surface area contributed by atoms with Gasteiger partial charge < -0.3 is 20.9 Å². The standard InChI is InChI=1S/C37H42N6OS/c38-22-27-8-10-29(11-9-27)24-42(23-28-5-2-1-3-6-28)37(44)31-17-18-34-33(21-31)41-35(43(34)25-32-7-4-20-45-32)19-14-26-12-15-30(16-13-26)36(39)40/h4,7-13,15-18,20-21,28H,1-3,5-6,14,19,22-25,38H2,(H3,39,40). The van der Waals surface area contributed by atoms with Gasteiger partial charge >= 0.3 is 0 Å². The van der Waals surface area contributed by atoms with Crippen LogP contribution in [-0.2, 0) is 32.5 Å². The third-order valence-electron chi connectivity index (χ3n) is 8.99. The molecule has 1 fully saturated rings. The normalized spacial score (nSPS) is 13.7. The molecule has 0 saturated heterocycles. The van der Waals surface area contributed by atoms with Crippen molar-refractivity contribution in [2.75, 3.05) is 6.54 Å². The molecule has 8 heteroatoms. The first-order chi connectivity index (χ1) is 22.0. The van der Waals surface area contributed by atoms with E-state index in [9.17, 15) is 4.79 Å². The lowest BCUT2D eigenvalue weighted by molar-refractivity contribution is 0.0699. The molecule has 1 aliphatic rings. The Labute approximate surface area is 269 Å². The Kier molecular flexibility index (Phi) is 9.72. The van der Waals surface area contributed by atoms with E-state index in [0.717, 1.165) is 59.5 Å². The van der Waals surface area contributed by atoms with Crippen LogP contribution in [0.25, 0.3) is 11.0 Å². The predicted octanol–water partition coefficient (Wildman–Crippen LogP) is 6.90. The third kappa shape index (κ3) is 7.52. The Bertz CT molecular complexity index is 1730. The number of imidazole rings is 1. The zero-order valence-corrected chi connectivity index (χ0v) is 26.6. The Morgan fingerprint density at radius 1 is 0.911 bits per heavy atom. The van der Waals surface area contributed by atoms with E-state index in [0.29, 0.717) is 24.6 Å². The van der Waals surface area contributed by atoms with Crippen LogP contribution in [0.5, 0.6) is 0 Å². The summed E-state index contributed by atoms with van der Waals surface area (Å²) in [6.07, 6.45) is 7.73. The smallest absolute Gasteiger partial charge is 0.254 e. The summed E-state index contributed by atoms with van der Waals surface area (Å²) in [6, 6.07) is 26.4. The molecule has 5 aromatic rings. The zero-order valence-electron chi connectivity index (χ0n) is 25.8. The van der Waals surface area contributed by atoms with Crippen LogP contribution in [0.15, 0.2) is 84.2 Å². The number of nitrogens with two attached hydrogens (primary N) is 2.